The Morgan fingerprint density at radius 3 is 1.64 bits per heavy atom. The van der Waals surface area contributed by atoms with E-state index in [9.17, 15) is 64.8 Å². The quantitative estimate of drug-likeness (QED) is 0.0829. The Labute approximate surface area is 283 Å². The predicted octanol–water partition coefficient (Wildman–Crippen LogP) is -8.51. The largest absolute Gasteiger partial charge is 0.479 e. The second-order valence-corrected chi connectivity index (χ2v) is 11.5. The highest BCUT2D eigenvalue weighted by Crippen LogP contribution is 2.33. The average molecular weight is 732 g/mol. The molecule has 23 nitrogen and oxygen atoms in total. The summed E-state index contributed by atoms with van der Waals surface area (Å²) in [7, 11) is 0. The van der Waals surface area contributed by atoms with Crippen LogP contribution < -0.4 is 16.0 Å². The molecule has 288 valence electrons. The molecule has 3 saturated heterocycles. The minimum absolute atomic E-state index is 0.278. The number of aliphatic carboxylic acids is 1. The minimum Gasteiger partial charge on any atom is -0.479 e. The van der Waals surface area contributed by atoms with Gasteiger partial charge in [-0.15, -0.1) is 0 Å². The maximum Gasteiger partial charge on any atom is 0.335 e. The summed E-state index contributed by atoms with van der Waals surface area (Å²) in [6.07, 6.45) is -22.5. The Bertz CT molecular complexity index is 1150. The first-order valence-electron chi connectivity index (χ1n) is 15.1. The van der Waals surface area contributed by atoms with Gasteiger partial charge in [0.1, 0.15) is 67.0 Å². The van der Waals surface area contributed by atoms with Gasteiger partial charge < -0.3 is 95.5 Å². The molecule has 50 heavy (non-hydrogen) atoms. The zero-order valence-corrected chi connectivity index (χ0v) is 27.0. The van der Waals surface area contributed by atoms with E-state index in [0.717, 1.165) is 20.8 Å². The van der Waals surface area contributed by atoms with Crippen molar-refractivity contribution in [3.05, 3.63) is 0 Å². The van der Waals surface area contributed by atoms with Crippen molar-refractivity contribution in [2.45, 2.75) is 119 Å². The smallest absolute Gasteiger partial charge is 0.335 e. The summed E-state index contributed by atoms with van der Waals surface area (Å²) in [4.78, 5) is 57.1. The number of amides is 3. The second kappa shape index (κ2) is 19.6. The van der Waals surface area contributed by atoms with Gasteiger partial charge in [0.15, 0.2) is 31.3 Å². The molecule has 0 aliphatic carbocycles. The molecule has 0 aromatic rings. The van der Waals surface area contributed by atoms with Crippen molar-refractivity contribution >= 4 is 30.0 Å². The molecule has 0 aromatic heterocycles. The highest BCUT2D eigenvalue weighted by Gasteiger charge is 2.55. The Morgan fingerprint density at radius 1 is 0.680 bits per heavy atom. The van der Waals surface area contributed by atoms with E-state index < -0.39 is 142 Å². The van der Waals surface area contributed by atoms with Crippen LogP contribution in [0.15, 0.2) is 0 Å². The van der Waals surface area contributed by atoms with E-state index in [1.54, 1.807) is 0 Å². The van der Waals surface area contributed by atoms with Crippen LogP contribution in [0, 0.1) is 0 Å². The number of aldehydes is 1. The van der Waals surface area contributed by atoms with Crippen molar-refractivity contribution in [3.63, 3.8) is 0 Å². The van der Waals surface area contributed by atoms with Crippen LogP contribution in [-0.4, -0.2) is 199 Å². The molecule has 0 spiro atoms. The first kappa shape index (κ1) is 43.2. The lowest BCUT2D eigenvalue weighted by Crippen LogP contribution is -2.72. The number of carboxylic acids is 1. The molecule has 0 unspecified atom stereocenters. The Hall–Kier alpha value is -3.01. The van der Waals surface area contributed by atoms with Crippen LogP contribution in [0.5, 0.6) is 0 Å². The van der Waals surface area contributed by atoms with Gasteiger partial charge in [-0.3, -0.25) is 14.4 Å². The summed E-state index contributed by atoms with van der Waals surface area (Å²) in [5.74, 6) is -3.82. The Morgan fingerprint density at radius 2 is 1.18 bits per heavy atom. The standard InChI is InChI=1S/C24H39N3O17.C3H6O3/c1-6(30)25-11-12(26-7(2)31)23(44-20(16(11)35)21(37)38)42-18-10(5-29)40-22(39)17(36)19(18)43-24-13(27-8(3)32)15(34)14(33)9(4-28)41-24;4-1-3(6)2-5/h9-20,22-24,28-29,33-36,39H,4-5H2,1-3H3,(H,25,30)(H,26,31)(H,27,32)(H,37,38);1,3,5-6H,2H2/t9-,10-,11-,12-,13-,14+,15-,16+,17-,18+,19-,20+,22+,23-,24+;3-/m10/s1. The molecular formula is C27H45N3O20. The zero-order valence-electron chi connectivity index (χ0n) is 27.0. The number of nitrogens with one attached hydrogen (secondary N) is 3. The molecule has 3 rings (SSSR count). The molecule has 0 bridgehead atoms. The maximum absolute atomic E-state index is 12.1. The second-order valence-electron chi connectivity index (χ2n) is 11.5. The summed E-state index contributed by atoms with van der Waals surface area (Å²) in [6, 6.07) is -4.50. The minimum atomic E-state index is -2.03. The van der Waals surface area contributed by atoms with Gasteiger partial charge in [-0.2, -0.15) is 0 Å². The number of aliphatic hydroxyl groups excluding tert-OH is 9. The van der Waals surface area contributed by atoms with E-state index in [2.05, 4.69) is 16.0 Å². The van der Waals surface area contributed by atoms with Crippen LogP contribution >= 0.6 is 0 Å². The normalized spacial score (nSPS) is 39.2. The fourth-order valence-electron chi connectivity index (χ4n) is 5.32. The van der Waals surface area contributed by atoms with Gasteiger partial charge in [0.2, 0.25) is 17.7 Å². The summed E-state index contributed by atoms with van der Waals surface area (Å²) >= 11 is 0. The van der Waals surface area contributed by atoms with Crippen molar-refractivity contribution in [3.8, 4) is 0 Å². The van der Waals surface area contributed by atoms with E-state index in [-0.39, 0.29) is 6.29 Å². The van der Waals surface area contributed by atoms with Crippen molar-refractivity contribution in [2.75, 3.05) is 19.8 Å². The van der Waals surface area contributed by atoms with Crippen LogP contribution in [0.1, 0.15) is 20.8 Å². The lowest BCUT2D eigenvalue weighted by atomic mass is 9.92. The molecule has 3 heterocycles. The van der Waals surface area contributed by atoms with Crippen molar-refractivity contribution in [2.24, 2.45) is 0 Å². The van der Waals surface area contributed by atoms with Crippen molar-refractivity contribution < 1.29 is 98.7 Å². The van der Waals surface area contributed by atoms with Crippen molar-refractivity contribution in [1.82, 2.24) is 16.0 Å². The van der Waals surface area contributed by atoms with Crippen LogP contribution in [0.4, 0.5) is 0 Å². The van der Waals surface area contributed by atoms with Gasteiger partial charge in [-0.1, -0.05) is 0 Å². The number of hydrogen-bond donors (Lipinski definition) is 13. The number of carboxylic acid groups (broad SMARTS) is 1. The lowest BCUT2D eigenvalue weighted by Gasteiger charge is -2.49. The lowest BCUT2D eigenvalue weighted by molar-refractivity contribution is -0.365. The highest BCUT2D eigenvalue weighted by atomic mass is 16.7. The highest BCUT2D eigenvalue weighted by molar-refractivity contribution is 5.77. The van der Waals surface area contributed by atoms with Gasteiger partial charge >= 0.3 is 5.97 Å². The first-order valence-corrected chi connectivity index (χ1v) is 15.1. The van der Waals surface area contributed by atoms with Gasteiger partial charge in [0, 0.05) is 20.8 Å². The topological polar surface area (TPSA) is 370 Å². The fourth-order valence-corrected chi connectivity index (χ4v) is 5.32. The summed E-state index contributed by atoms with van der Waals surface area (Å²) < 4.78 is 28.0. The third-order valence-electron chi connectivity index (χ3n) is 7.61. The Balaban J connectivity index is 0.00000132. The molecule has 13 N–H and O–H groups in total. The van der Waals surface area contributed by atoms with Crippen LogP contribution in [0.3, 0.4) is 0 Å². The zero-order chi connectivity index (χ0) is 38.0. The Kier molecular flexibility index (Phi) is 16.9. The summed E-state index contributed by atoms with van der Waals surface area (Å²) in [5.41, 5.74) is 0. The fraction of sp³-hybridized carbons (Fsp3) is 0.815. The van der Waals surface area contributed by atoms with E-state index in [4.69, 9.17) is 33.9 Å². The molecular weight excluding hydrogens is 686 g/mol. The predicted molar refractivity (Wildman–Crippen MR) is 156 cm³/mol. The third-order valence-corrected chi connectivity index (χ3v) is 7.61. The molecule has 3 aliphatic rings. The number of rotatable bonds is 12. The van der Waals surface area contributed by atoms with E-state index in [0.29, 0.717) is 0 Å². The molecule has 3 amide bonds. The monoisotopic (exact) mass is 731 g/mol. The number of aliphatic hydroxyl groups is 9. The summed E-state index contributed by atoms with van der Waals surface area (Å²) in [5, 5.41) is 105. The maximum atomic E-state index is 12.1. The van der Waals surface area contributed by atoms with Crippen molar-refractivity contribution in [1.29, 1.82) is 0 Å². The van der Waals surface area contributed by atoms with Crippen LogP contribution in [0.2, 0.25) is 0 Å². The number of ether oxygens (including phenoxy) is 5. The SMILES string of the molecule is CC(=O)N[C@H]1[C@H](O[C@@H]2[C@@H](O)[C@@H](O)O[C@H](CO)[C@@H]2O[C@@H]2O[C@H](C(=O)O)[C@@H](O)[C@H](NC(C)=O)[C@H]2NC(C)=O)O[C@H](CO)[C@H](O)[C@@H]1O.O=C[C@H](O)CO. The van der Waals surface area contributed by atoms with Gasteiger partial charge in [0.05, 0.1) is 25.9 Å². The summed E-state index contributed by atoms with van der Waals surface area (Å²) in [6.45, 7) is 1.01. The van der Waals surface area contributed by atoms with Gasteiger partial charge in [-0.25, -0.2) is 4.79 Å². The molecule has 3 fully saturated rings. The number of carbonyl (C=O) groups is 5. The van der Waals surface area contributed by atoms with Crippen LogP contribution in [0.25, 0.3) is 0 Å². The molecule has 16 atom stereocenters. The van der Waals surface area contributed by atoms with E-state index >= 15 is 0 Å². The molecule has 0 aromatic carbocycles. The molecule has 0 radical (unpaired) electrons. The van der Waals surface area contributed by atoms with Gasteiger partial charge in [0.25, 0.3) is 0 Å². The molecule has 0 saturated carbocycles. The van der Waals surface area contributed by atoms with Crippen LogP contribution in [-0.2, 0) is 47.7 Å². The first-order chi connectivity index (χ1) is 23.4. The molecule has 23 heteroatoms. The third kappa shape index (κ3) is 11.0. The number of carbonyl (C=O) groups excluding carboxylic acids is 4. The average Bonchev–Trinajstić information content (AvgIpc) is 3.05. The molecule has 3 aliphatic heterocycles. The number of hydrogen-bond acceptors (Lipinski definition) is 19. The van der Waals surface area contributed by atoms with E-state index in [1.807, 2.05) is 0 Å². The van der Waals surface area contributed by atoms with Gasteiger partial charge in [-0.05, 0) is 0 Å². The van der Waals surface area contributed by atoms with E-state index in [1.165, 1.54) is 0 Å².